The van der Waals surface area contributed by atoms with Crippen LogP contribution >= 0.6 is 0 Å². The molecule has 2 aromatic rings. The van der Waals surface area contributed by atoms with E-state index in [-0.39, 0.29) is 17.7 Å². The van der Waals surface area contributed by atoms with Crippen molar-refractivity contribution in [3.63, 3.8) is 0 Å². The Morgan fingerprint density at radius 3 is 2.57 bits per heavy atom. The summed E-state index contributed by atoms with van der Waals surface area (Å²) in [7, 11) is 1.54. The maximum Gasteiger partial charge on any atom is 0.307 e. The van der Waals surface area contributed by atoms with Gasteiger partial charge in [0.2, 0.25) is 0 Å². The first-order valence-corrected chi connectivity index (χ1v) is 9.51. The Balaban J connectivity index is 2.20. The van der Waals surface area contributed by atoms with Gasteiger partial charge in [0.25, 0.3) is 0 Å². The molecule has 3 rings (SSSR count). The van der Waals surface area contributed by atoms with Crippen LogP contribution in [0.3, 0.4) is 0 Å². The van der Waals surface area contributed by atoms with Crippen LogP contribution in [0.2, 0.25) is 0 Å². The van der Waals surface area contributed by atoms with Gasteiger partial charge in [-0.25, -0.2) is 4.39 Å². The van der Waals surface area contributed by atoms with Crippen molar-refractivity contribution >= 4 is 11.7 Å². The summed E-state index contributed by atoms with van der Waals surface area (Å²) in [5, 5.41) is 9.47. The van der Waals surface area contributed by atoms with E-state index in [1.54, 1.807) is 19.4 Å². The zero-order valence-electron chi connectivity index (χ0n) is 16.9. The molecular weight excluding hydrogens is 359 g/mol. The number of ether oxygens (including phenoxy) is 1. The molecule has 0 bridgehead atoms. The van der Waals surface area contributed by atoms with E-state index in [4.69, 9.17) is 4.74 Å². The molecule has 0 aliphatic carbocycles. The number of benzene rings is 1. The van der Waals surface area contributed by atoms with E-state index in [1.807, 2.05) is 6.92 Å². The van der Waals surface area contributed by atoms with Gasteiger partial charge in [0.15, 0.2) is 0 Å². The number of aliphatic carboxylic acids is 1. The second-order valence-corrected chi connectivity index (χ2v) is 8.15. The Hall–Kier alpha value is -2.63. The molecule has 1 fully saturated rings. The van der Waals surface area contributed by atoms with Gasteiger partial charge in [0.1, 0.15) is 11.6 Å². The first kappa shape index (κ1) is 20.1. The van der Waals surface area contributed by atoms with Gasteiger partial charge in [0, 0.05) is 41.7 Å². The van der Waals surface area contributed by atoms with E-state index in [0.717, 1.165) is 31.6 Å². The molecule has 0 unspecified atom stereocenters. The number of pyridine rings is 1. The van der Waals surface area contributed by atoms with Gasteiger partial charge in [-0.05, 0) is 43.4 Å². The van der Waals surface area contributed by atoms with Crippen molar-refractivity contribution in [1.29, 1.82) is 0 Å². The van der Waals surface area contributed by atoms with Crippen LogP contribution < -0.4 is 9.64 Å². The Bertz CT molecular complexity index is 886. The molecule has 28 heavy (non-hydrogen) atoms. The average molecular weight is 386 g/mol. The quantitative estimate of drug-likeness (QED) is 0.822. The maximum atomic E-state index is 14.1. The topological polar surface area (TPSA) is 62.7 Å². The van der Waals surface area contributed by atoms with Crippen LogP contribution in [0.4, 0.5) is 10.1 Å². The van der Waals surface area contributed by atoms with Crippen molar-refractivity contribution in [3.8, 4) is 16.9 Å². The molecule has 1 aliphatic rings. The second-order valence-electron chi connectivity index (χ2n) is 8.15. The van der Waals surface area contributed by atoms with Crippen LogP contribution in [-0.4, -0.2) is 36.3 Å². The predicted octanol–water partition coefficient (Wildman–Crippen LogP) is 4.46. The number of carbonyl (C=O) groups is 1. The molecule has 0 spiro atoms. The van der Waals surface area contributed by atoms with Gasteiger partial charge in [-0.2, -0.15) is 0 Å². The highest BCUT2D eigenvalue weighted by molar-refractivity contribution is 5.86. The van der Waals surface area contributed by atoms with E-state index in [1.165, 1.54) is 12.1 Å². The minimum Gasteiger partial charge on any atom is -0.496 e. The van der Waals surface area contributed by atoms with Crippen LogP contribution in [0.5, 0.6) is 5.75 Å². The zero-order valence-corrected chi connectivity index (χ0v) is 16.9. The molecule has 0 saturated carbocycles. The Morgan fingerprint density at radius 1 is 1.29 bits per heavy atom. The molecule has 0 amide bonds. The van der Waals surface area contributed by atoms with Crippen LogP contribution in [0.15, 0.2) is 24.4 Å². The molecule has 1 aromatic carbocycles. The standard InChI is InChI=1S/C22H27FN2O3/c1-14-16(12-20(26)27)21(25-9-7-22(2,3)8-10-25)18(13-24-14)17-11-15(23)5-6-19(17)28-4/h5-6,11,13H,7-10,12H2,1-4H3,(H,26,27). The number of carboxylic acid groups (broad SMARTS) is 1. The average Bonchev–Trinajstić information content (AvgIpc) is 2.63. The number of hydrogen-bond acceptors (Lipinski definition) is 4. The third-order valence-electron chi connectivity index (χ3n) is 5.58. The summed E-state index contributed by atoms with van der Waals surface area (Å²) in [5.74, 6) is -0.749. The second kappa shape index (κ2) is 7.78. The Morgan fingerprint density at radius 2 is 1.96 bits per heavy atom. The SMILES string of the molecule is COc1ccc(F)cc1-c1cnc(C)c(CC(=O)O)c1N1CCC(C)(C)CC1. The molecule has 1 aliphatic heterocycles. The van der Waals surface area contributed by atoms with Gasteiger partial charge < -0.3 is 14.7 Å². The fourth-order valence-electron chi connectivity index (χ4n) is 3.78. The van der Waals surface area contributed by atoms with Crippen LogP contribution in [-0.2, 0) is 11.2 Å². The monoisotopic (exact) mass is 386 g/mol. The van der Waals surface area contributed by atoms with E-state index in [2.05, 4.69) is 23.7 Å². The normalized spacial score (nSPS) is 16.1. The summed E-state index contributed by atoms with van der Waals surface area (Å²) in [6.07, 6.45) is 3.58. The highest BCUT2D eigenvalue weighted by atomic mass is 19.1. The van der Waals surface area contributed by atoms with Gasteiger partial charge in [-0.1, -0.05) is 13.8 Å². The molecule has 150 valence electrons. The number of aromatic nitrogens is 1. The largest absolute Gasteiger partial charge is 0.496 e. The highest BCUT2D eigenvalue weighted by Crippen LogP contribution is 2.42. The third-order valence-corrected chi connectivity index (χ3v) is 5.58. The molecule has 6 heteroatoms. The van der Waals surface area contributed by atoms with Crippen molar-refractivity contribution in [2.75, 3.05) is 25.1 Å². The van der Waals surface area contributed by atoms with E-state index < -0.39 is 5.97 Å². The number of piperidine rings is 1. The van der Waals surface area contributed by atoms with Gasteiger partial charge >= 0.3 is 5.97 Å². The number of hydrogen-bond donors (Lipinski definition) is 1. The molecule has 1 aromatic heterocycles. The molecule has 0 radical (unpaired) electrons. The lowest BCUT2D eigenvalue weighted by Gasteiger charge is -2.40. The minimum absolute atomic E-state index is 0.125. The number of carboxylic acids is 1. The molecule has 0 atom stereocenters. The summed E-state index contributed by atoms with van der Waals surface area (Å²) in [6.45, 7) is 7.94. The van der Waals surface area contributed by atoms with Gasteiger partial charge in [0.05, 0.1) is 19.2 Å². The molecule has 2 heterocycles. The summed E-state index contributed by atoms with van der Waals surface area (Å²) in [6, 6.07) is 4.36. The lowest BCUT2D eigenvalue weighted by molar-refractivity contribution is -0.136. The summed E-state index contributed by atoms with van der Waals surface area (Å²) in [5.41, 5.74) is 3.73. The van der Waals surface area contributed by atoms with E-state index in [0.29, 0.717) is 28.1 Å². The summed E-state index contributed by atoms with van der Waals surface area (Å²) >= 11 is 0. The molecule has 1 saturated heterocycles. The Kier molecular flexibility index (Phi) is 5.59. The Labute approximate surface area is 165 Å². The number of anilines is 1. The number of rotatable bonds is 5. The fourth-order valence-corrected chi connectivity index (χ4v) is 3.78. The van der Waals surface area contributed by atoms with Crippen molar-refractivity contribution < 1.29 is 19.0 Å². The number of methoxy groups -OCH3 is 1. The minimum atomic E-state index is -0.910. The fraction of sp³-hybridized carbons (Fsp3) is 0.455. The van der Waals surface area contributed by atoms with Gasteiger partial charge in [-0.3, -0.25) is 9.78 Å². The lowest BCUT2D eigenvalue weighted by Crippen LogP contribution is -2.38. The first-order valence-electron chi connectivity index (χ1n) is 9.51. The third kappa shape index (κ3) is 4.11. The first-order chi connectivity index (χ1) is 13.2. The number of nitrogens with zero attached hydrogens (tertiary/aromatic N) is 2. The predicted molar refractivity (Wildman–Crippen MR) is 107 cm³/mol. The highest BCUT2D eigenvalue weighted by Gasteiger charge is 2.30. The van der Waals surface area contributed by atoms with Crippen molar-refractivity contribution in [3.05, 3.63) is 41.5 Å². The number of aryl methyl sites for hydroxylation is 1. The van der Waals surface area contributed by atoms with Crippen LogP contribution in [0.1, 0.15) is 37.9 Å². The van der Waals surface area contributed by atoms with Crippen molar-refractivity contribution in [1.82, 2.24) is 4.98 Å². The van der Waals surface area contributed by atoms with Crippen LogP contribution in [0.25, 0.3) is 11.1 Å². The van der Waals surface area contributed by atoms with E-state index >= 15 is 0 Å². The van der Waals surface area contributed by atoms with Crippen molar-refractivity contribution in [2.45, 2.75) is 40.0 Å². The van der Waals surface area contributed by atoms with E-state index in [9.17, 15) is 14.3 Å². The molecule has 5 nitrogen and oxygen atoms in total. The summed E-state index contributed by atoms with van der Waals surface area (Å²) in [4.78, 5) is 18.2. The van der Waals surface area contributed by atoms with Gasteiger partial charge in [-0.15, -0.1) is 0 Å². The molecular formula is C22H27FN2O3. The lowest BCUT2D eigenvalue weighted by atomic mass is 9.82. The maximum absolute atomic E-state index is 14.1. The van der Waals surface area contributed by atoms with Crippen LogP contribution in [0, 0.1) is 18.2 Å². The zero-order chi connectivity index (χ0) is 20.5. The number of halogens is 1. The summed E-state index contributed by atoms with van der Waals surface area (Å²) < 4.78 is 19.5. The van der Waals surface area contributed by atoms with Crippen molar-refractivity contribution in [2.24, 2.45) is 5.41 Å². The smallest absolute Gasteiger partial charge is 0.307 e. The molecule has 1 N–H and O–H groups in total.